The number of anilines is 1. The van der Waals surface area contributed by atoms with E-state index in [1.165, 1.54) is 30.3 Å². The van der Waals surface area contributed by atoms with Crippen molar-refractivity contribution in [2.75, 3.05) is 5.32 Å². The van der Waals surface area contributed by atoms with Gasteiger partial charge in [-0.1, -0.05) is 11.6 Å². The minimum absolute atomic E-state index is 0.157. The largest absolute Gasteiger partial charge is 0.321 e. The summed E-state index contributed by atoms with van der Waals surface area (Å²) in [6.07, 6.45) is 0. The maximum atomic E-state index is 13.4. The quantitative estimate of drug-likeness (QED) is 0.872. The Hall–Kier alpha value is -1.90. The average Bonchev–Trinajstić information content (AvgIpc) is 2.44. The molecule has 100 valence electrons. The minimum Gasteiger partial charge on any atom is -0.321 e. The Bertz CT molecular complexity index is 728. The average molecular weight is 354 g/mol. The maximum Gasteiger partial charge on any atom is 0.255 e. The molecule has 0 atom stereocenters. The van der Waals surface area contributed by atoms with Crippen LogP contribution in [-0.4, -0.2) is 5.91 Å². The number of amides is 1. The van der Waals surface area contributed by atoms with E-state index in [2.05, 4.69) is 21.2 Å². The second-order valence-electron chi connectivity index (χ2n) is 3.89. The highest BCUT2D eigenvalue weighted by molar-refractivity contribution is 9.10. The summed E-state index contributed by atoms with van der Waals surface area (Å²) in [7, 11) is 0. The van der Waals surface area contributed by atoms with Crippen molar-refractivity contribution in [3.63, 3.8) is 0 Å². The van der Waals surface area contributed by atoms with Crippen LogP contribution in [0.15, 0.2) is 40.9 Å². The van der Waals surface area contributed by atoms with Gasteiger partial charge in [0.25, 0.3) is 5.91 Å². The van der Waals surface area contributed by atoms with Crippen LogP contribution in [0.25, 0.3) is 0 Å². The Kier molecular flexibility index (Phi) is 4.38. The molecule has 0 saturated heterocycles. The predicted molar refractivity (Wildman–Crippen MR) is 78.2 cm³/mol. The molecule has 0 bridgehead atoms. The summed E-state index contributed by atoms with van der Waals surface area (Å²) < 4.78 is 13.7. The Morgan fingerprint density at radius 3 is 2.70 bits per heavy atom. The van der Waals surface area contributed by atoms with Crippen molar-refractivity contribution in [3.05, 3.63) is 62.8 Å². The van der Waals surface area contributed by atoms with Gasteiger partial charge in [0.15, 0.2) is 0 Å². The summed E-state index contributed by atoms with van der Waals surface area (Å²) >= 11 is 8.95. The summed E-state index contributed by atoms with van der Waals surface area (Å²) in [6.45, 7) is 0. The zero-order valence-corrected chi connectivity index (χ0v) is 12.3. The summed E-state index contributed by atoms with van der Waals surface area (Å²) in [5.41, 5.74) is 0.829. The predicted octanol–water partition coefficient (Wildman–Crippen LogP) is 4.37. The zero-order valence-electron chi connectivity index (χ0n) is 9.95. The molecular formula is C14H7BrClFN2O. The van der Waals surface area contributed by atoms with Gasteiger partial charge in [0.2, 0.25) is 0 Å². The van der Waals surface area contributed by atoms with Crippen molar-refractivity contribution in [3.8, 4) is 6.07 Å². The lowest BCUT2D eigenvalue weighted by atomic mass is 10.2. The normalized spacial score (nSPS) is 9.90. The van der Waals surface area contributed by atoms with Gasteiger partial charge in [-0.25, -0.2) is 4.39 Å². The molecule has 2 aromatic rings. The molecule has 0 saturated carbocycles. The molecule has 1 amide bonds. The Morgan fingerprint density at radius 1 is 1.30 bits per heavy atom. The summed E-state index contributed by atoms with van der Waals surface area (Å²) in [6, 6.07) is 10.5. The van der Waals surface area contributed by atoms with Gasteiger partial charge in [-0.2, -0.15) is 5.26 Å². The number of hydrogen-bond donors (Lipinski definition) is 1. The molecule has 2 rings (SSSR count). The summed E-state index contributed by atoms with van der Waals surface area (Å²) in [4.78, 5) is 12.0. The number of nitrogens with zero attached hydrogens (tertiary/aromatic N) is 1. The first-order chi connectivity index (χ1) is 9.51. The van der Waals surface area contributed by atoms with Crippen LogP contribution in [0, 0.1) is 17.1 Å². The molecular weight excluding hydrogens is 347 g/mol. The van der Waals surface area contributed by atoms with Crippen LogP contribution in [0.5, 0.6) is 0 Å². The fourth-order valence-electron chi connectivity index (χ4n) is 1.52. The number of carbonyl (C=O) groups excluding carboxylic acids is 1. The van der Waals surface area contributed by atoms with Crippen LogP contribution in [0.2, 0.25) is 5.02 Å². The minimum atomic E-state index is -0.533. The molecule has 0 spiro atoms. The number of halogens is 3. The molecule has 0 aliphatic carbocycles. The number of carbonyl (C=O) groups is 1. The Labute approximate surface area is 128 Å². The summed E-state index contributed by atoms with van der Waals surface area (Å²) in [5.74, 6) is -1.04. The second-order valence-corrected chi connectivity index (χ2v) is 5.15. The molecule has 1 N–H and O–H groups in total. The lowest BCUT2D eigenvalue weighted by Gasteiger charge is -2.08. The molecule has 2 aromatic carbocycles. The highest BCUT2D eigenvalue weighted by Crippen LogP contribution is 2.24. The van der Waals surface area contributed by atoms with E-state index >= 15 is 0 Å². The number of hydrogen-bond acceptors (Lipinski definition) is 2. The van der Waals surface area contributed by atoms with Crippen LogP contribution in [0.3, 0.4) is 0 Å². The van der Waals surface area contributed by atoms with Crippen LogP contribution in [0.1, 0.15) is 15.9 Å². The van der Waals surface area contributed by atoms with Crippen molar-refractivity contribution in [1.82, 2.24) is 0 Å². The summed E-state index contributed by atoms with van der Waals surface area (Å²) in [5, 5.41) is 11.7. The standard InChI is InChI=1S/C14H7BrClFN2O/c15-10-3-2-9(6-12(10)17)14(20)19-13-5-8(7-18)1-4-11(13)16/h1-6H,(H,19,20). The van der Waals surface area contributed by atoms with Crippen molar-refractivity contribution in [1.29, 1.82) is 5.26 Å². The van der Waals surface area contributed by atoms with E-state index in [0.717, 1.165) is 6.07 Å². The van der Waals surface area contributed by atoms with E-state index in [-0.39, 0.29) is 10.0 Å². The van der Waals surface area contributed by atoms with E-state index in [1.54, 1.807) is 0 Å². The first kappa shape index (κ1) is 14.5. The Balaban J connectivity index is 2.28. The van der Waals surface area contributed by atoms with E-state index in [0.29, 0.717) is 16.3 Å². The van der Waals surface area contributed by atoms with Crippen molar-refractivity contribution < 1.29 is 9.18 Å². The number of nitriles is 1. The lowest BCUT2D eigenvalue weighted by molar-refractivity contribution is 0.102. The number of nitrogens with one attached hydrogen (secondary N) is 1. The van der Waals surface area contributed by atoms with Crippen LogP contribution >= 0.6 is 27.5 Å². The fourth-order valence-corrected chi connectivity index (χ4v) is 1.93. The first-order valence-electron chi connectivity index (χ1n) is 5.47. The molecule has 0 aliphatic heterocycles. The molecule has 0 aliphatic rings. The third-order valence-electron chi connectivity index (χ3n) is 2.53. The number of benzene rings is 2. The molecule has 0 aromatic heterocycles. The van der Waals surface area contributed by atoms with Crippen molar-refractivity contribution in [2.24, 2.45) is 0 Å². The molecule has 0 unspecified atom stereocenters. The fraction of sp³-hybridized carbons (Fsp3) is 0. The molecule has 0 radical (unpaired) electrons. The second kappa shape index (κ2) is 6.04. The molecule has 3 nitrogen and oxygen atoms in total. The maximum absolute atomic E-state index is 13.4. The van der Waals surface area contributed by atoms with Gasteiger partial charge in [0.1, 0.15) is 5.82 Å². The first-order valence-corrected chi connectivity index (χ1v) is 6.64. The van der Waals surface area contributed by atoms with Gasteiger partial charge in [0.05, 0.1) is 26.8 Å². The molecule has 0 heterocycles. The van der Waals surface area contributed by atoms with Gasteiger partial charge in [0, 0.05) is 5.56 Å². The van der Waals surface area contributed by atoms with Gasteiger partial charge in [-0.15, -0.1) is 0 Å². The van der Waals surface area contributed by atoms with Gasteiger partial charge < -0.3 is 5.32 Å². The highest BCUT2D eigenvalue weighted by atomic mass is 79.9. The van der Waals surface area contributed by atoms with E-state index in [1.807, 2.05) is 6.07 Å². The monoisotopic (exact) mass is 352 g/mol. The SMILES string of the molecule is N#Cc1ccc(Cl)c(NC(=O)c2ccc(Br)c(F)c2)c1. The van der Waals surface area contributed by atoms with Crippen LogP contribution in [0.4, 0.5) is 10.1 Å². The van der Waals surface area contributed by atoms with Gasteiger partial charge in [-0.05, 0) is 52.3 Å². The van der Waals surface area contributed by atoms with Gasteiger partial charge >= 0.3 is 0 Å². The highest BCUT2D eigenvalue weighted by Gasteiger charge is 2.11. The lowest BCUT2D eigenvalue weighted by Crippen LogP contribution is -2.12. The van der Waals surface area contributed by atoms with E-state index in [4.69, 9.17) is 16.9 Å². The smallest absolute Gasteiger partial charge is 0.255 e. The van der Waals surface area contributed by atoms with Crippen LogP contribution in [-0.2, 0) is 0 Å². The third-order valence-corrected chi connectivity index (χ3v) is 3.50. The molecule has 6 heteroatoms. The number of rotatable bonds is 2. The third kappa shape index (κ3) is 3.16. The molecule has 20 heavy (non-hydrogen) atoms. The van der Waals surface area contributed by atoms with Gasteiger partial charge in [-0.3, -0.25) is 4.79 Å². The van der Waals surface area contributed by atoms with Crippen molar-refractivity contribution >= 4 is 39.1 Å². The van der Waals surface area contributed by atoms with E-state index in [9.17, 15) is 9.18 Å². The van der Waals surface area contributed by atoms with Crippen molar-refractivity contribution in [2.45, 2.75) is 0 Å². The Morgan fingerprint density at radius 2 is 2.05 bits per heavy atom. The van der Waals surface area contributed by atoms with Crippen LogP contribution < -0.4 is 5.32 Å². The van der Waals surface area contributed by atoms with E-state index < -0.39 is 11.7 Å². The topological polar surface area (TPSA) is 52.9 Å². The zero-order chi connectivity index (χ0) is 14.7. The molecule has 0 fully saturated rings.